The highest BCUT2D eigenvalue weighted by atomic mass is 16.5. The third-order valence-electron chi connectivity index (χ3n) is 4.78. The number of nitrogens with zero attached hydrogens (tertiary/aromatic N) is 2. The Bertz CT molecular complexity index is 753. The molecule has 1 aromatic carbocycles. The third kappa shape index (κ3) is 3.01. The number of hydrogen-bond donors (Lipinski definition) is 1. The van der Waals surface area contributed by atoms with Gasteiger partial charge >= 0.3 is 0 Å². The third-order valence-corrected chi connectivity index (χ3v) is 4.78. The van der Waals surface area contributed by atoms with Crippen molar-refractivity contribution in [3.8, 4) is 5.75 Å². The first-order chi connectivity index (χ1) is 11.6. The zero-order chi connectivity index (χ0) is 16.6. The van der Waals surface area contributed by atoms with Crippen molar-refractivity contribution in [2.75, 3.05) is 25.0 Å². The molecule has 2 atom stereocenters. The number of hydrogen-bond acceptors (Lipinski definition) is 5. The van der Waals surface area contributed by atoms with Crippen LogP contribution in [0.5, 0.6) is 5.75 Å². The summed E-state index contributed by atoms with van der Waals surface area (Å²) in [5.74, 6) is 0.692. The standard InChI is InChI=1S/C18H21N3O3/c1-13-10-16(24-20-13)17(22)19-14-4-2-5-15(11-14)23-18-6-3-8-21(12-18)9-7-18/h2,4-5,10-11H,3,6-9,12H2,1H3,(H,19,22). The monoisotopic (exact) mass is 327 g/mol. The first-order valence-electron chi connectivity index (χ1n) is 8.38. The highest BCUT2D eigenvalue weighted by Gasteiger charge is 2.42. The predicted octanol–water partition coefficient (Wildman–Crippen LogP) is 2.85. The van der Waals surface area contributed by atoms with Gasteiger partial charge in [0.1, 0.15) is 11.4 Å². The van der Waals surface area contributed by atoms with Gasteiger partial charge < -0.3 is 14.6 Å². The molecule has 0 spiro atoms. The summed E-state index contributed by atoms with van der Waals surface area (Å²) < 4.78 is 11.3. The highest BCUT2D eigenvalue weighted by molar-refractivity contribution is 6.02. The van der Waals surface area contributed by atoms with Gasteiger partial charge in [0.05, 0.1) is 5.69 Å². The lowest BCUT2D eigenvalue weighted by Crippen LogP contribution is -2.43. The lowest BCUT2D eigenvalue weighted by atomic mass is 9.94. The van der Waals surface area contributed by atoms with Gasteiger partial charge in [0, 0.05) is 37.3 Å². The maximum atomic E-state index is 12.2. The van der Waals surface area contributed by atoms with E-state index in [0.29, 0.717) is 11.4 Å². The second-order valence-corrected chi connectivity index (χ2v) is 6.73. The summed E-state index contributed by atoms with van der Waals surface area (Å²) >= 11 is 0. The minimum Gasteiger partial charge on any atom is -0.486 e. The Morgan fingerprint density at radius 1 is 1.33 bits per heavy atom. The molecule has 2 fully saturated rings. The molecule has 0 aliphatic carbocycles. The fraction of sp³-hybridized carbons (Fsp3) is 0.444. The molecule has 4 rings (SSSR count). The number of fused-ring (bicyclic) bond motifs is 2. The summed E-state index contributed by atoms with van der Waals surface area (Å²) in [6.45, 7) is 5.07. The van der Waals surface area contributed by atoms with E-state index in [4.69, 9.17) is 9.26 Å². The fourth-order valence-electron chi connectivity index (χ4n) is 3.63. The van der Waals surface area contributed by atoms with Gasteiger partial charge in [0.2, 0.25) is 5.76 Å². The van der Waals surface area contributed by atoms with Crippen LogP contribution in [-0.4, -0.2) is 41.2 Å². The maximum absolute atomic E-state index is 12.2. The largest absolute Gasteiger partial charge is 0.486 e. The molecule has 1 N–H and O–H groups in total. The average Bonchev–Trinajstić information content (AvgIpc) is 3.11. The van der Waals surface area contributed by atoms with Crippen molar-refractivity contribution >= 4 is 11.6 Å². The molecule has 2 saturated heterocycles. The molecule has 6 nitrogen and oxygen atoms in total. The Hall–Kier alpha value is -2.34. The van der Waals surface area contributed by atoms with E-state index in [0.717, 1.165) is 31.7 Å². The number of carbonyl (C=O) groups is 1. The van der Waals surface area contributed by atoms with E-state index in [2.05, 4.69) is 15.4 Å². The topological polar surface area (TPSA) is 67.6 Å². The number of anilines is 1. The van der Waals surface area contributed by atoms with Gasteiger partial charge in [-0.2, -0.15) is 0 Å². The summed E-state index contributed by atoms with van der Waals surface area (Å²) in [7, 11) is 0. The molecule has 6 heteroatoms. The van der Waals surface area contributed by atoms with E-state index in [1.165, 1.54) is 13.0 Å². The smallest absolute Gasteiger partial charge is 0.294 e. The van der Waals surface area contributed by atoms with Crippen molar-refractivity contribution in [2.24, 2.45) is 0 Å². The molecule has 0 radical (unpaired) electrons. The van der Waals surface area contributed by atoms with Crippen LogP contribution in [0.1, 0.15) is 35.5 Å². The summed E-state index contributed by atoms with van der Waals surface area (Å²) in [6.07, 6.45) is 3.35. The molecule has 2 aromatic rings. The molecule has 2 bridgehead atoms. The van der Waals surface area contributed by atoms with E-state index in [1.54, 1.807) is 13.0 Å². The van der Waals surface area contributed by atoms with E-state index in [1.807, 2.05) is 24.3 Å². The quantitative estimate of drug-likeness (QED) is 0.935. The van der Waals surface area contributed by atoms with Gasteiger partial charge in [-0.15, -0.1) is 0 Å². The molecule has 1 aromatic heterocycles. The van der Waals surface area contributed by atoms with Crippen LogP contribution in [0, 0.1) is 6.92 Å². The van der Waals surface area contributed by atoms with Crippen LogP contribution in [0.4, 0.5) is 5.69 Å². The number of amides is 1. The van der Waals surface area contributed by atoms with Crippen LogP contribution >= 0.6 is 0 Å². The fourth-order valence-corrected chi connectivity index (χ4v) is 3.63. The first-order valence-corrected chi connectivity index (χ1v) is 8.38. The number of ether oxygens (including phenoxy) is 1. The van der Waals surface area contributed by atoms with Crippen LogP contribution in [-0.2, 0) is 0 Å². The summed E-state index contributed by atoms with van der Waals surface area (Å²) in [5.41, 5.74) is 1.30. The Morgan fingerprint density at radius 2 is 2.25 bits per heavy atom. The van der Waals surface area contributed by atoms with Gasteiger partial charge in [0.15, 0.2) is 0 Å². The number of piperidine rings is 1. The number of aryl methyl sites for hydroxylation is 1. The van der Waals surface area contributed by atoms with E-state index < -0.39 is 0 Å². The lowest BCUT2D eigenvalue weighted by molar-refractivity contribution is 0.0453. The normalized spacial score (nSPS) is 25.5. The predicted molar refractivity (Wildman–Crippen MR) is 89.3 cm³/mol. The van der Waals surface area contributed by atoms with E-state index in [-0.39, 0.29) is 17.3 Å². The van der Waals surface area contributed by atoms with E-state index >= 15 is 0 Å². The molecule has 126 valence electrons. The SMILES string of the molecule is Cc1cc(C(=O)Nc2cccc(OC34CCCN(CC3)C4)c2)on1. The molecular formula is C18H21N3O3. The van der Waals surface area contributed by atoms with Crippen LogP contribution in [0.2, 0.25) is 0 Å². The Morgan fingerprint density at radius 3 is 3.08 bits per heavy atom. The maximum Gasteiger partial charge on any atom is 0.294 e. The summed E-state index contributed by atoms with van der Waals surface area (Å²) in [6, 6.07) is 9.16. The van der Waals surface area contributed by atoms with Crippen molar-refractivity contribution < 1.29 is 14.1 Å². The second kappa shape index (κ2) is 5.94. The number of aromatic nitrogens is 1. The highest BCUT2D eigenvalue weighted by Crippen LogP contribution is 2.36. The zero-order valence-corrected chi connectivity index (χ0v) is 13.7. The average molecular weight is 327 g/mol. The first kappa shape index (κ1) is 15.2. The molecule has 2 aliphatic rings. The number of carbonyl (C=O) groups excluding carboxylic acids is 1. The van der Waals surface area contributed by atoms with Crippen molar-refractivity contribution in [1.29, 1.82) is 0 Å². The minimum absolute atomic E-state index is 0.0665. The lowest BCUT2D eigenvalue weighted by Gasteiger charge is -2.34. The van der Waals surface area contributed by atoms with Crippen LogP contribution in [0.25, 0.3) is 0 Å². The zero-order valence-electron chi connectivity index (χ0n) is 13.7. The molecule has 24 heavy (non-hydrogen) atoms. The van der Waals surface area contributed by atoms with Crippen molar-refractivity contribution in [2.45, 2.75) is 31.8 Å². The molecule has 2 unspecified atom stereocenters. The van der Waals surface area contributed by atoms with Crippen molar-refractivity contribution in [1.82, 2.24) is 10.1 Å². The molecular weight excluding hydrogens is 306 g/mol. The second-order valence-electron chi connectivity index (χ2n) is 6.73. The Kier molecular flexibility index (Phi) is 3.76. The van der Waals surface area contributed by atoms with Gasteiger partial charge in [0.25, 0.3) is 5.91 Å². The van der Waals surface area contributed by atoms with E-state index in [9.17, 15) is 4.79 Å². The van der Waals surface area contributed by atoms with Gasteiger partial charge in [-0.1, -0.05) is 11.2 Å². The number of nitrogens with one attached hydrogen (secondary N) is 1. The van der Waals surface area contributed by atoms with Gasteiger partial charge in [-0.25, -0.2) is 0 Å². The number of benzene rings is 1. The van der Waals surface area contributed by atoms with Gasteiger partial charge in [-0.05, 0) is 38.4 Å². The van der Waals surface area contributed by atoms with Gasteiger partial charge in [-0.3, -0.25) is 9.69 Å². The van der Waals surface area contributed by atoms with Crippen LogP contribution < -0.4 is 10.1 Å². The van der Waals surface area contributed by atoms with Crippen molar-refractivity contribution in [3.05, 3.63) is 41.8 Å². The molecule has 2 aliphatic heterocycles. The molecule has 3 heterocycles. The summed E-state index contributed by atoms with van der Waals surface area (Å²) in [4.78, 5) is 14.6. The Labute approximate surface area is 140 Å². The molecule has 0 saturated carbocycles. The van der Waals surface area contributed by atoms with Crippen LogP contribution in [0.3, 0.4) is 0 Å². The Balaban J connectivity index is 1.46. The summed E-state index contributed by atoms with van der Waals surface area (Å²) in [5, 5.41) is 6.56. The number of rotatable bonds is 4. The molecule has 1 amide bonds. The van der Waals surface area contributed by atoms with Crippen LogP contribution in [0.15, 0.2) is 34.9 Å². The minimum atomic E-state index is -0.310. The van der Waals surface area contributed by atoms with Crippen molar-refractivity contribution in [3.63, 3.8) is 0 Å².